The van der Waals surface area contributed by atoms with Crippen molar-refractivity contribution in [1.82, 2.24) is 0 Å². The average Bonchev–Trinajstić information content (AvgIpc) is 1.69. The van der Waals surface area contributed by atoms with Gasteiger partial charge in [-0.2, -0.15) is 0 Å². The van der Waals surface area contributed by atoms with Crippen LogP contribution in [0.3, 0.4) is 0 Å². The molecule has 0 heterocycles. The molecule has 0 aliphatic rings. The Hall–Kier alpha value is -0.120. The largest absolute Gasteiger partial charge is 0.397 e. The lowest BCUT2D eigenvalue weighted by atomic mass is 10.9. The predicted octanol–water partition coefficient (Wildman–Crippen LogP) is 0.494. The van der Waals surface area contributed by atoms with Crippen molar-refractivity contribution in [2.45, 2.75) is 13.8 Å². The van der Waals surface area contributed by atoms with Crippen LogP contribution in [0.2, 0.25) is 0 Å². The second-order valence-corrected chi connectivity index (χ2v) is 0.734. The Morgan fingerprint density at radius 1 is 1.43 bits per heavy atom. The van der Waals surface area contributed by atoms with Crippen molar-refractivity contribution in [3.05, 3.63) is 0 Å². The molecule has 0 spiro atoms. The Bertz CT molecular complexity index is 14.4. The molecule has 0 fully saturated rings. The van der Waals surface area contributed by atoms with Crippen molar-refractivity contribution < 1.29 is 15.3 Å². The Morgan fingerprint density at radius 2 is 1.57 bits per heavy atom. The van der Waals surface area contributed by atoms with Gasteiger partial charge in [0, 0.05) is 6.61 Å². The normalized spacial score (nSPS) is 6.86. The minimum atomic E-state index is 0.250. The summed E-state index contributed by atoms with van der Waals surface area (Å²) in [6, 6.07) is 0. The van der Waals surface area contributed by atoms with Crippen LogP contribution >= 0.6 is 0 Å². The second-order valence-electron chi connectivity index (χ2n) is 0.734. The van der Waals surface area contributed by atoms with Gasteiger partial charge in [0.1, 0.15) is 0 Å². The van der Waals surface area contributed by atoms with Gasteiger partial charge in [0.15, 0.2) is 0 Å². The van der Waals surface area contributed by atoms with Gasteiger partial charge in [0.2, 0.25) is 0 Å². The van der Waals surface area contributed by atoms with Gasteiger partial charge in [-0.3, -0.25) is 5.26 Å². The molecule has 46 valence electrons. The van der Waals surface area contributed by atoms with Gasteiger partial charge in [0.05, 0.1) is 6.61 Å². The monoisotopic (exact) mass is 108 g/mol. The number of hydrogen-bond acceptors (Lipinski definition) is 3. The lowest BCUT2D eigenvalue weighted by molar-refractivity contribution is -0.237. The first kappa shape index (κ1) is 9.99. The molecule has 0 rings (SSSR count). The van der Waals surface area contributed by atoms with E-state index in [-0.39, 0.29) is 6.61 Å². The van der Waals surface area contributed by atoms with Gasteiger partial charge < -0.3 is 5.11 Å². The van der Waals surface area contributed by atoms with Gasteiger partial charge in [-0.1, -0.05) is 0 Å². The summed E-state index contributed by atoms with van der Waals surface area (Å²) >= 11 is 0. The zero-order valence-electron chi connectivity index (χ0n) is 4.72. The fourth-order valence-corrected chi connectivity index (χ4v) is 0. The molecular formula is C4H12O3. The summed E-state index contributed by atoms with van der Waals surface area (Å²) in [6.07, 6.45) is 0. The fraction of sp³-hybridized carbons (Fsp3) is 1.00. The highest BCUT2D eigenvalue weighted by Crippen LogP contribution is 1.51. The van der Waals surface area contributed by atoms with E-state index in [1.54, 1.807) is 13.8 Å². The fourth-order valence-electron chi connectivity index (χ4n) is 0. The SMILES string of the molecule is CCO.CCOO. The van der Waals surface area contributed by atoms with Crippen molar-refractivity contribution in [1.29, 1.82) is 0 Å². The van der Waals surface area contributed by atoms with E-state index < -0.39 is 0 Å². The highest BCUT2D eigenvalue weighted by molar-refractivity contribution is 3.88. The number of aliphatic hydroxyl groups is 1. The topological polar surface area (TPSA) is 49.7 Å². The molecular weight excluding hydrogens is 96.0 g/mol. The summed E-state index contributed by atoms with van der Waals surface area (Å²) in [4.78, 5) is 3.54. The Labute approximate surface area is 43.5 Å². The summed E-state index contributed by atoms with van der Waals surface area (Å²) in [7, 11) is 0. The zero-order valence-corrected chi connectivity index (χ0v) is 4.72. The van der Waals surface area contributed by atoms with Crippen LogP contribution < -0.4 is 0 Å². The summed E-state index contributed by atoms with van der Waals surface area (Å²) in [6.45, 7) is 4.01. The molecule has 0 aromatic carbocycles. The molecule has 3 nitrogen and oxygen atoms in total. The van der Waals surface area contributed by atoms with Crippen molar-refractivity contribution in [2.24, 2.45) is 0 Å². The number of hydrogen-bond donors (Lipinski definition) is 2. The van der Waals surface area contributed by atoms with Gasteiger partial charge in [0.25, 0.3) is 0 Å². The smallest absolute Gasteiger partial charge is 0.0791 e. The van der Waals surface area contributed by atoms with Gasteiger partial charge in [-0.25, -0.2) is 4.89 Å². The standard InChI is InChI=1S/C2H6O2.C2H6O/c1-2-4-3;1-2-3/h3H,2H2,1H3;3H,2H2,1H3. The third-order valence-corrected chi connectivity index (χ3v) is 0.129. The van der Waals surface area contributed by atoms with Crippen molar-refractivity contribution in [3.8, 4) is 0 Å². The van der Waals surface area contributed by atoms with Crippen LogP contribution in [0.25, 0.3) is 0 Å². The molecule has 0 aromatic rings. The van der Waals surface area contributed by atoms with E-state index >= 15 is 0 Å². The van der Waals surface area contributed by atoms with Gasteiger partial charge in [-0.15, -0.1) is 0 Å². The van der Waals surface area contributed by atoms with E-state index in [2.05, 4.69) is 4.89 Å². The maximum absolute atomic E-state index is 7.57. The summed E-state index contributed by atoms with van der Waals surface area (Å²) < 4.78 is 0. The van der Waals surface area contributed by atoms with E-state index in [4.69, 9.17) is 10.4 Å². The van der Waals surface area contributed by atoms with E-state index in [1.807, 2.05) is 0 Å². The first-order chi connectivity index (χ1) is 3.33. The molecule has 7 heavy (non-hydrogen) atoms. The van der Waals surface area contributed by atoms with Crippen LogP contribution in [0.5, 0.6) is 0 Å². The van der Waals surface area contributed by atoms with E-state index in [1.165, 1.54) is 0 Å². The number of rotatable bonds is 1. The quantitative estimate of drug-likeness (QED) is 0.379. The summed E-state index contributed by atoms with van der Waals surface area (Å²) in [5.41, 5.74) is 0. The minimum absolute atomic E-state index is 0.250. The first-order valence-corrected chi connectivity index (χ1v) is 2.20. The van der Waals surface area contributed by atoms with E-state index in [9.17, 15) is 0 Å². The van der Waals surface area contributed by atoms with Crippen LogP contribution in [0.15, 0.2) is 0 Å². The number of aliphatic hydroxyl groups excluding tert-OH is 1. The third-order valence-electron chi connectivity index (χ3n) is 0.129. The molecule has 0 unspecified atom stereocenters. The van der Waals surface area contributed by atoms with Crippen molar-refractivity contribution in [2.75, 3.05) is 13.2 Å². The Morgan fingerprint density at radius 3 is 1.57 bits per heavy atom. The van der Waals surface area contributed by atoms with Gasteiger partial charge in [-0.05, 0) is 13.8 Å². The molecule has 0 amide bonds. The van der Waals surface area contributed by atoms with Crippen LogP contribution in [0, 0.1) is 0 Å². The van der Waals surface area contributed by atoms with Crippen molar-refractivity contribution >= 4 is 0 Å². The van der Waals surface area contributed by atoms with Crippen LogP contribution in [-0.2, 0) is 4.89 Å². The summed E-state index contributed by atoms with van der Waals surface area (Å²) in [5.74, 6) is 0. The molecule has 0 aliphatic carbocycles. The Balaban J connectivity index is 0. The molecule has 0 bridgehead atoms. The predicted molar refractivity (Wildman–Crippen MR) is 27.0 cm³/mol. The minimum Gasteiger partial charge on any atom is -0.397 e. The lowest BCUT2D eigenvalue weighted by Crippen LogP contribution is -1.74. The van der Waals surface area contributed by atoms with E-state index in [0.717, 1.165) is 0 Å². The first-order valence-electron chi connectivity index (χ1n) is 2.20. The molecule has 0 radical (unpaired) electrons. The highest BCUT2D eigenvalue weighted by atomic mass is 17.1. The molecule has 0 aliphatic heterocycles. The molecule has 0 aromatic heterocycles. The summed E-state index contributed by atoms with van der Waals surface area (Å²) in [5, 5.41) is 14.9. The molecule has 0 saturated carbocycles. The molecule has 0 atom stereocenters. The van der Waals surface area contributed by atoms with Crippen LogP contribution in [-0.4, -0.2) is 23.6 Å². The molecule has 2 N–H and O–H groups in total. The highest BCUT2D eigenvalue weighted by Gasteiger charge is 1.54. The zero-order chi connectivity index (χ0) is 6.12. The maximum atomic E-state index is 7.57. The maximum Gasteiger partial charge on any atom is 0.0791 e. The molecule has 0 saturated heterocycles. The van der Waals surface area contributed by atoms with Crippen molar-refractivity contribution in [3.63, 3.8) is 0 Å². The lowest BCUT2D eigenvalue weighted by Gasteiger charge is -1.73. The third kappa shape index (κ3) is 114. The Kier molecular flexibility index (Phi) is 24.1. The van der Waals surface area contributed by atoms with Gasteiger partial charge >= 0.3 is 0 Å². The van der Waals surface area contributed by atoms with Crippen LogP contribution in [0.4, 0.5) is 0 Å². The molecule has 3 heteroatoms. The van der Waals surface area contributed by atoms with E-state index in [0.29, 0.717) is 6.61 Å². The average molecular weight is 108 g/mol. The van der Waals surface area contributed by atoms with Crippen LogP contribution in [0.1, 0.15) is 13.8 Å². The second kappa shape index (κ2) is 16.9.